The Bertz CT molecular complexity index is 824. The fraction of sp³-hybridized carbons (Fsp3) is 0.429. The fourth-order valence-corrected chi connectivity index (χ4v) is 3.76. The van der Waals surface area contributed by atoms with Gasteiger partial charge in [-0.25, -0.2) is 4.98 Å². The molecule has 1 aromatic heterocycles. The molecule has 1 unspecified atom stereocenters. The van der Waals surface area contributed by atoms with Crippen LogP contribution in [-0.4, -0.2) is 35.2 Å². The molecule has 27 heavy (non-hydrogen) atoms. The number of carbonyl (C=O) groups excluding carboxylic acids is 1. The number of aromatic nitrogens is 1. The van der Waals surface area contributed by atoms with Gasteiger partial charge in [0.1, 0.15) is 5.82 Å². The zero-order valence-corrected chi connectivity index (χ0v) is 15.6. The Balaban J connectivity index is 1.43. The van der Waals surface area contributed by atoms with Crippen LogP contribution in [0.2, 0.25) is 0 Å². The van der Waals surface area contributed by atoms with Gasteiger partial charge in [0, 0.05) is 30.9 Å². The van der Waals surface area contributed by atoms with Crippen molar-refractivity contribution in [1.29, 1.82) is 0 Å². The van der Waals surface area contributed by atoms with Gasteiger partial charge in [0.05, 0.1) is 0 Å². The number of amides is 1. The normalized spacial score (nSPS) is 18.4. The molecule has 0 saturated carbocycles. The minimum atomic E-state index is 0.107. The first kappa shape index (κ1) is 17.6. The Morgan fingerprint density at radius 3 is 3.00 bits per heavy atom. The molecule has 142 valence electrons. The van der Waals surface area contributed by atoms with E-state index in [0.717, 1.165) is 42.9 Å². The molecule has 1 amide bonds. The number of fused-ring (bicyclic) bond motifs is 1. The van der Waals surface area contributed by atoms with Crippen LogP contribution >= 0.6 is 0 Å². The molecule has 0 radical (unpaired) electrons. The molecule has 6 nitrogen and oxygen atoms in total. The first-order chi connectivity index (χ1) is 13.2. The van der Waals surface area contributed by atoms with Crippen molar-refractivity contribution in [3.8, 4) is 11.5 Å². The third-order valence-electron chi connectivity index (χ3n) is 5.28. The first-order valence-corrected chi connectivity index (χ1v) is 9.64. The van der Waals surface area contributed by atoms with Gasteiger partial charge in [0.2, 0.25) is 6.79 Å². The summed E-state index contributed by atoms with van der Waals surface area (Å²) < 4.78 is 10.8. The van der Waals surface area contributed by atoms with E-state index in [1.807, 2.05) is 29.2 Å². The van der Waals surface area contributed by atoms with Crippen LogP contribution in [0.1, 0.15) is 48.5 Å². The Morgan fingerprint density at radius 2 is 2.11 bits per heavy atom. The van der Waals surface area contributed by atoms with Crippen LogP contribution in [0.5, 0.6) is 11.5 Å². The fourth-order valence-electron chi connectivity index (χ4n) is 3.76. The van der Waals surface area contributed by atoms with Crippen LogP contribution in [0.4, 0.5) is 5.82 Å². The molecule has 0 aliphatic carbocycles. The average Bonchev–Trinajstić information content (AvgIpc) is 3.20. The monoisotopic (exact) mass is 367 g/mol. The average molecular weight is 367 g/mol. The van der Waals surface area contributed by atoms with E-state index >= 15 is 0 Å². The van der Waals surface area contributed by atoms with Gasteiger partial charge < -0.3 is 19.7 Å². The number of pyridine rings is 1. The number of benzene rings is 1. The van der Waals surface area contributed by atoms with Crippen molar-refractivity contribution < 1.29 is 14.3 Å². The van der Waals surface area contributed by atoms with E-state index < -0.39 is 0 Å². The van der Waals surface area contributed by atoms with Gasteiger partial charge in [-0.1, -0.05) is 13.0 Å². The molecule has 1 saturated heterocycles. The van der Waals surface area contributed by atoms with E-state index in [4.69, 9.17) is 9.47 Å². The maximum atomic E-state index is 13.0. The minimum Gasteiger partial charge on any atom is -0.454 e. The highest BCUT2D eigenvalue weighted by atomic mass is 16.7. The number of nitrogens with zero attached hydrogens (tertiary/aromatic N) is 2. The summed E-state index contributed by atoms with van der Waals surface area (Å²) in [6, 6.07) is 9.86. The van der Waals surface area contributed by atoms with Crippen molar-refractivity contribution >= 4 is 11.7 Å². The maximum Gasteiger partial charge on any atom is 0.254 e. The summed E-state index contributed by atoms with van der Waals surface area (Å²) in [4.78, 5) is 19.3. The zero-order chi connectivity index (χ0) is 18.6. The van der Waals surface area contributed by atoms with Crippen LogP contribution < -0.4 is 14.8 Å². The molecule has 3 heterocycles. The molecule has 0 bridgehead atoms. The van der Waals surface area contributed by atoms with Crippen molar-refractivity contribution in [2.45, 2.75) is 45.2 Å². The van der Waals surface area contributed by atoms with Crippen LogP contribution in [-0.2, 0) is 6.54 Å². The second kappa shape index (κ2) is 7.86. The summed E-state index contributed by atoms with van der Waals surface area (Å²) in [5, 5.41) is 3.30. The molecular weight excluding hydrogens is 342 g/mol. The molecule has 1 aromatic carbocycles. The van der Waals surface area contributed by atoms with Crippen LogP contribution in [0.25, 0.3) is 0 Å². The number of piperidine rings is 1. The molecule has 2 aliphatic heterocycles. The van der Waals surface area contributed by atoms with Crippen LogP contribution in [0, 0.1) is 0 Å². The lowest BCUT2D eigenvalue weighted by Crippen LogP contribution is -2.43. The second-order valence-electron chi connectivity index (χ2n) is 7.03. The predicted molar refractivity (Wildman–Crippen MR) is 103 cm³/mol. The summed E-state index contributed by atoms with van der Waals surface area (Å²) >= 11 is 0. The van der Waals surface area contributed by atoms with E-state index in [9.17, 15) is 4.79 Å². The van der Waals surface area contributed by atoms with Gasteiger partial charge in [-0.3, -0.25) is 4.79 Å². The third-order valence-corrected chi connectivity index (χ3v) is 5.28. The largest absolute Gasteiger partial charge is 0.454 e. The van der Waals surface area contributed by atoms with Gasteiger partial charge in [0.15, 0.2) is 11.5 Å². The van der Waals surface area contributed by atoms with Crippen LogP contribution in [0.15, 0.2) is 36.5 Å². The highest BCUT2D eigenvalue weighted by Crippen LogP contribution is 2.32. The van der Waals surface area contributed by atoms with Gasteiger partial charge >= 0.3 is 0 Å². The molecule has 4 rings (SSSR count). The lowest BCUT2D eigenvalue weighted by atomic mass is 9.99. The van der Waals surface area contributed by atoms with Crippen molar-refractivity contribution in [3.05, 3.63) is 47.7 Å². The number of carbonyl (C=O) groups is 1. The minimum absolute atomic E-state index is 0.107. The van der Waals surface area contributed by atoms with Gasteiger partial charge in [-0.05, 0) is 55.5 Å². The molecule has 2 aromatic rings. The summed E-state index contributed by atoms with van der Waals surface area (Å²) in [7, 11) is 0. The second-order valence-corrected chi connectivity index (χ2v) is 7.03. The summed E-state index contributed by atoms with van der Waals surface area (Å²) in [5.41, 5.74) is 1.76. The van der Waals surface area contributed by atoms with Crippen molar-refractivity contribution in [2.24, 2.45) is 0 Å². The zero-order valence-electron chi connectivity index (χ0n) is 15.6. The standard InChI is InChI=1S/C21H25N3O3/c1-2-17-5-3-4-10-24(17)21(25)16-8-9-22-20(12-16)23-13-15-6-7-18-19(11-15)27-14-26-18/h6-9,11-12,17H,2-5,10,13-14H2,1H3,(H,22,23). The quantitative estimate of drug-likeness (QED) is 0.870. The molecule has 1 atom stereocenters. The number of rotatable bonds is 5. The third kappa shape index (κ3) is 3.84. The number of ether oxygens (including phenoxy) is 2. The van der Waals surface area contributed by atoms with E-state index in [1.54, 1.807) is 12.3 Å². The van der Waals surface area contributed by atoms with Gasteiger partial charge in [-0.15, -0.1) is 0 Å². The molecule has 0 spiro atoms. The molecule has 1 N–H and O–H groups in total. The Labute approximate surface area is 159 Å². The predicted octanol–water partition coefficient (Wildman–Crippen LogP) is 3.83. The Hall–Kier alpha value is -2.76. The van der Waals surface area contributed by atoms with E-state index in [2.05, 4.69) is 17.2 Å². The SMILES string of the molecule is CCC1CCCCN1C(=O)c1ccnc(NCc2ccc3c(c2)OCO3)c1. The Kier molecular flexibility index (Phi) is 5.14. The molecule has 1 fully saturated rings. The molecular formula is C21H25N3O3. The lowest BCUT2D eigenvalue weighted by molar-refractivity contribution is 0.0608. The maximum absolute atomic E-state index is 13.0. The summed E-state index contributed by atoms with van der Waals surface area (Å²) in [6.07, 6.45) is 6.10. The topological polar surface area (TPSA) is 63.7 Å². The number of anilines is 1. The van der Waals surface area contributed by atoms with Crippen molar-refractivity contribution in [1.82, 2.24) is 9.88 Å². The number of hydrogen-bond acceptors (Lipinski definition) is 5. The molecule has 2 aliphatic rings. The highest BCUT2D eigenvalue weighted by molar-refractivity contribution is 5.95. The summed E-state index contributed by atoms with van der Waals surface area (Å²) in [6.45, 7) is 3.87. The number of likely N-dealkylation sites (tertiary alicyclic amines) is 1. The van der Waals surface area contributed by atoms with E-state index in [0.29, 0.717) is 24.0 Å². The van der Waals surface area contributed by atoms with Crippen molar-refractivity contribution in [2.75, 3.05) is 18.7 Å². The number of nitrogens with one attached hydrogen (secondary N) is 1. The van der Waals surface area contributed by atoms with Crippen molar-refractivity contribution in [3.63, 3.8) is 0 Å². The van der Waals surface area contributed by atoms with E-state index in [1.165, 1.54) is 6.42 Å². The molecule has 6 heteroatoms. The van der Waals surface area contributed by atoms with Gasteiger partial charge in [-0.2, -0.15) is 0 Å². The lowest BCUT2D eigenvalue weighted by Gasteiger charge is -2.35. The smallest absolute Gasteiger partial charge is 0.254 e. The van der Waals surface area contributed by atoms with Gasteiger partial charge in [0.25, 0.3) is 5.91 Å². The van der Waals surface area contributed by atoms with Crippen LogP contribution in [0.3, 0.4) is 0 Å². The summed E-state index contributed by atoms with van der Waals surface area (Å²) in [5.74, 6) is 2.34. The Morgan fingerprint density at radius 1 is 1.22 bits per heavy atom. The first-order valence-electron chi connectivity index (χ1n) is 9.64. The number of hydrogen-bond donors (Lipinski definition) is 1. The highest BCUT2D eigenvalue weighted by Gasteiger charge is 2.26. The van der Waals surface area contributed by atoms with E-state index in [-0.39, 0.29) is 12.7 Å².